The summed E-state index contributed by atoms with van der Waals surface area (Å²) in [6.07, 6.45) is 1.58. The number of aromatic nitrogens is 3. The van der Waals surface area contributed by atoms with Crippen LogP contribution in [0, 0.1) is 0 Å². The van der Waals surface area contributed by atoms with E-state index in [2.05, 4.69) is 65.8 Å². The number of rotatable bonds is 8. The third kappa shape index (κ3) is 5.97. The highest BCUT2D eigenvalue weighted by atomic mass is 32.2. The monoisotopic (exact) mass is 451 g/mol. The molecule has 8 heteroatoms. The number of amides is 1. The van der Waals surface area contributed by atoms with E-state index < -0.39 is 0 Å². The van der Waals surface area contributed by atoms with Gasteiger partial charge in [-0.15, -0.1) is 10.2 Å². The van der Waals surface area contributed by atoms with Crippen molar-refractivity contribution in [3.8, 4) is 17.1 Å². The molecule has 1 heterocycles. The van der Waals surface area contributed by atoms with Gasteiger partial charge >= 0.3 is 0 Å². The number of benzene rings is 2. The van der Waals surface area contributed by atoms with Crippen molar-refractivity contribution in [2.24, 2.45) is 5.10 Å². The second-order valence-corrected chi connectivity index (χ2v) is 9.18. The number of thioether (sulfide) groups is 1. The summed E-state index contributed by atoms with van der Waals surface area (Å²) < 4.78 is 7.20. The van der Waals surface area contributed by atoms with Gasteiger partial charge in [0.15, 0.2) is 11.0 Å². The predicted molar refractivity (Wildman–Crippen MR) is 129 cm³/mol. The zero-order chi connectivity index (χ0) is 23.1. The Bertz CT molecular complexity index is 1080. The van der Waals surface area contributed by atoms with Gasteiger partial charge in [-0.05, 0) is 35.6 Å². The Kier molecular flexibility index (Phi) is 7.69. The molecule has 0 fully saturated rings. The van der Waals surface area contributed by atoms with Crippen LogP contribution >= 0.6 is 11.8 Å². The fourth-order valence-corrected chi connectivity index (χ4v) is 3.87. The lowest BCUT2D eigenvalue weighted by atomic mass is 9.87. The maximum atomic E-state index is 12.2. The standard InChI is InChI=1S/C24H29N5O2S/c1-6-29-22(18-10-12-19(13-11-18)24(2,3)4)27-28-23(29)32-16-21(30)26-25-15-17-8-7-9-20(14-17)31-5/h7-15H,6,16H2,1-5H3,(H,26,30)/b25-15-. The highest BCUT2D eigenvalue weighted by Crippen LogP contribution is 2.27. The number of nitrogens with zero attached hydrogens (tertiary/aromatic N) is 4. The number of methoxy groups -OCH3 is 1. The topological polar surface area (TPSA) is 81.4 Å². The molecule has 0 aliphatic carbocycles. The minimum atomic E-state index is -0.212. The number of hydrogen-bond acceptors (Lipinski definition) is 6. The van der Waals surface area contributed by atoms with Gasteiger partial charge in [0.2, 0.25) is 0 Å². The Hall–Kier alpha value is -3.13. The molecule has 0 saturated heterocycles. The molecule has 3 aromatic rings. The zero-order valence-corrected chi connectivity index (χ0v) is 19.9. The molecule has 0 saturated carbocycles. The van der Waals surface area contributed by atoms with Gasteiger partial charge in [-0.3, -0.25) is 4.79 Å². The smallest absolute Gasteiger partial charge is 0.250 e. The van der Waals surface area contributed by atoms with Crippen molar-refractivity contribution >= 4 is 23.9 Å². The lowest BCUT2D eigenvalue weighted by Crippen LogP contribution is -2.20. The van der Waals surface area contributed by atoms with E-state index in [9.17, 15) is 4.79 Å². The molecular formula is C24H29N5O2S. The summed E-state index contributed by atoms with van der Waals surface area (Å²) in [6, 6.07) is 15.8. The summed E-state index contributed by atoms with van der Waals surface area (Å²) in [5.74, 6) is 1.51. The fraction of sp³-hybridized carbons (Fsp3) is 0.333. The number of carbonyl (C=O) groups excluding carboxylic acids is 1. The van der Waals surface area contributed by atoms with Crippen LogP contribution in [-0.4, -0.2) is 39.7 Å². The van der Waals surface area contributed by atoms with Gasteiger partial charge < -0.3 is 9.30 Å². The van der Waals surface area contributed by atoms with Crippen molar-refractivity contribution in [1.29, 1.82) is 0 Å². The van der Waals surface area contributed by atoms with Gasteiger partial charge in [0.25, 0.3) is 5.91 Å². The Morgan fingerprint density at radius 2 is 1.94 bits per heavy atom. The second-order valence-electron chi connectivity index (χ2n) is 8.24. The number of carbonyl (C=O) groups is 1. The molecule has 32 heavy (non-hydrogen) atoms. The summed E-state index contributed by atoms with van der Waals surface area (Å²) in [6.45, 7) is 9.32. The average molecular weight is 452 g/mol. The number of hydrogen-bond donors (Lipinski definition) is 1. The fourth-order valence-electron chi connectivity index (χ4n) is 3.08. The lowest BCUT2D eigenvalue weighted by molar-refractivity contribution is -0.118. The lowest BCUT2D eigenvalue weighted by Gasteiger charge is -2.19. The first kappa shape index (κ1) is 23.5. The first-order chi connectivity index (χ1) is 15.3. The normalized spacial score (nSPS) is 11.7. The largest absolute Gasteiger partial charge is 0.497 e. The maximum absolute atomic E-state index is 12.2. The Morgan fingerprint density at radius 3 is 2.59 bits per heavy atom. The molecule has 0 unspecified atom stereocenters. The summed E-state index contributed by atoms with van der Waals surface area (Å²) >= 11 is 1.34. The van der Waals surface area contributed by atoms with Gasteiger partial charge in [-0.1, -0.05) is 68.9 Å². The van der Waals surface area contributed by atoms with Crippen molar-refractivity contribution < 1.29 is 9.53 Å². The van der Waals surface area contributed by atoms with Crippen LogP contribution < -0.4 is 10.2 Å². The van der Waals surface area contributed by atoms with Gasteiger partial charge in [-0.25, -0.2) is 5.43 Å². The van der Waals surface area contributed by atoms with Crippen molar-refractivity contribution in [3.63, 3.8) is 0 Å². The first-order valence-corrected chi connectivity index (χ1v) is 11.4. The van der Waals surface area contributed by atoms with Crippen molar-refractivity contribution in [3.05, 3.63) is 59.7 Å². The molecule has 0 spiro atoms. The van der Waals surface area contributed by atoms with E-state index in [0.29, 0.717) is 11.7 Å². The highest BCUT2D eigenvalue weighted by Gasteiger charge is 2.17. The Morgan fingerprint density at radius 1 is 1.19 bits per heavy atom. The average Bonchev–Trinajstić information content (AvgIpc) is 3.20. The Balaban J connectivity index is 1.61. The summed E-state index contributed by atoms with van der Waals surface area (Å²) in [4.78, 5) is 12.2. The van der Waals surface area contributed by atoms with Crippen LogP contribution in [0.15, 0.2) is 58.8 Å². The molecule has 0 atom stereocenters. The third-order valence-corrected chi connectivity index (χ3v) is 5.84. The van der Waals surface area contributed by atoms with Crippen LogP contribution in [0.5, 0.6) is 5.75 Å². The first-order valence-electron chi connectivity index (χ1n) is 10.4. The number of nitrogens with one attached hydrogen (secondary N) is 1. The molecule has 1 amide bonds. The molecule has 3 rings (SSSR count). The molecule has 1 N–H and O–H groups in total. The SMILES string of the molecule is CCn1c(SCC(=O)N/N=C\c2cccc(OC)c2)nnc1-c1ccc(C(C)(C)C)cc1. The predicted octanol–water partition coefficient (Wildman–Crippen LogP) is 4.51. The van der Waals surface area contributed by atoms with E-state index in [1.54, 1.807) is 13.3 Å². The zero-order valence-electron chi connectivity index (χ0n) is 19.1. The van der Waals surface area contributed by atoms with Crippen LogP contribution in [0.1, 0.15) is 38.8 Å². The van der Waals surface area contributed by atoms with E-state index >= 15 is 0 Å². The van der Waals surface area contributed by atoms with Crippen LogP contribution in [0.3, 0.4) is 0 Å². The molecule has 0 aliphatic heterocycles. The second kappa shape index (κ2) is 10.5. The van der Waals surface area contributed by atoms with E-state index in [1.165, 1.54) is 17.3 Å². The number of ether oxygens (including phenoxy) is 1. The van der Waals surface area contributed by atoms with Crippen LogP contribution in [0.4, 0.5) is 0 Å². The van der Waals surface area contributed by atoms with Crippen LogP contribution in [0.25, 0.3) is 11.4 Å². The molecule has 0 aliphatic rings. The van der Waals surface area contributed by atoms with E-state index in [-0.39, 0.29) is 17.1 Å². The van der Waals surface area contributed by atoms with Gasteiger partial charge in [0.1, 0.15) is 5.75 Å². The van der Waals surface area contributed by atoms with Crippen molar-refractivity contribution in [2.45, 2.75) is 44.8 Å². The van der Waals surface area contributed by atoms with Gasteiger partial charge in [0, 0.05) is 12.1 Å². The van der Waals surface area contributed by atoms with E-state index in [0.717, 1.165) is 22.7 Å². The van der Waals surface area contributed by atoms with Gasteiger partial charge in [0.05, 0.1) is 19.1 Å². The van der Waals surface area contributed by atoms with E-state index in [1.807, 2.05) is 35.8 Å². The summed E-state index contributed by atoms with van der Waals surface area (Å²) in [5, 5.41) is 13.4. The minimum absolute atomic E-state index is 0.0976. The molecule has 1 aromatic heterocycles. The molecule has 168 valence electrons. The summed E-state index contributed by atoms with van der Waals surface area (Å²) in [5.41, 5.74) is 5.76. The molecule has 7 nitrogen and oxygen atoms in total. The minimum Gasteiger partial charge on any atom is -0.497 e. The van der Waals surface area contributed by atoms with Crippen molar-refractivity contribution in [1.82, 2.24) is 20.2 Å². The quantitative estimate of drug-likeness (QED) is 0.309. The maximum Gasteiger partial charge on any atom is 0.250 e. The molecule has 0 bridgehead atoms. The van der Waals surface area contributed by atoms with Crippen LogP contribution in [0.2, 0.25) is 0 Å². The molecule has 0 radical (unpaired) electrons. The van der Waals surface area contributed by atoms with Crippen molar-refractivity contribution in [2.75, 3.05) is 12.9 Å². The summed E-state index contributed by atoms with van der Waals surface area (Å²) in [7, 11) is 1.61. The number of hydrazone groups is 1. The van der Waals surface area contributed by atoms with Crippen LogP contribution in [-0.2, 0) is 16.8 Å². The molecule has 2 aromatic carbocycles. The molecular weight excluding hydrogens is 422 g/mol. The highest BCUT2D eigenvalue weighted by molar-refractivity contribution is 7.99. The third-order valence-electron chi connectivity index (χ3n) is 4.87. The van der Waals surface area contributed by atoms with E-state index in [4.69, 9.17) is 4.74 Å². The van der Waals surface area contributed by atoms with Gasteiger partial charge in [-0.2, -0.15) is 5.10 Å². The Labute approximate surface area is 193 Å².